The Balaban J connectivity index is 1.87. The smallest absolute Gasteiger partial charge is 0.231 e. The van der Waals surface area contributed by atoms with Gasteiger partial charge in [0, 0.05) is 31.9 Å². The average molecular weight is 327 g/mol. The summed E-state index contributed by atoms with van der Waals surface area (Å²) in [4.78, 5) is 20.2. The summed E-state index contributed by atoms with van der Waals surface area (Å²) < 4.78 is 0. The first-order valence-electron chi connectivity index (χ1n) is 8.84. The maximum atomic E-state index is 11.1. The lowest BCUT2D eigenvalue weighted by molar-refractivity contribution is -0.119. The summed E-state index contributed by atoms with van der Waals surface area (Å²) in [6.07, 6.45) is 5.21. The number of pyridine rings is 1. The molecule has 2 N–H and O–H groups in total. The van der Waals surface area contributed by atoms with Crippen molar-refractivity contribution in [2.45, 2.75) is 39.0 Å². The Kier molecular flexibility index (Phi) is 5.00. The summed E-state index contributed by atoms with van der Waals surface area (Å²) >= 11 is 0. The number of aryl methyl sites for hydroxylation is 1. The fourth-order valence-corrected chi connectivity index (χ4v) is 3.85. The summed E-state index contributed by atoms with van der Waals surface area (Å²) in [6, 6.07) is 2.41. The minimum absolute atomic E-state index is 0.290. The van der Waals surface area contributed by atoms with E-state index in [1.54, 1.807) is 0 Å². The Bertz CT molecular complexity index is 671. The van der Waals surface area contributed by atoms with Gasteiger partial charge in [-0.3, -0.25) is 9.69 Å². The van der Waals surface area contributed by atoms with Crippen LogP contribution in [0.4, 0.5) is 5.82 Å². The number of carbonyl (C=O) groups is 1. The number of rotatable bonds is 5. The molecule has 1 aliphatic heterocycles. The molecule has 1 aromatic rings. The first-order valence-corrected chi connectivity index (χ1v) is 8.84. The van der Waals surface area contributed by atoms with Gasteiger partial charge in [-0.25, -0.2) is 4.98 Å². The Morgan fingerprint density at radius 2 is 1.96 bits per heavy atom. The standard InChI is InChI=1S/C18H25N5O/c1-2-4-16-14-6-3-5-13(14)15(11-19)18(21-16)23-9-7-22(8-10-23)12-17(20)24/h2-10,12H2,1H3,(H2,20,24). The van der Waals surface area contributed by atoms with Crippen LogP contribution in [0.3, 0.4) is 0 Å². The number of aromatic nitrogens is 1. The van der Waals surface area contributed by atoms with Crippen LogP contribution in [0.25, 0.3) is 0 Å². The van der Waals surface area contributed by atoms with Gasteiger partial charge in [-0.15, -0.1) is 0 Å². The highest BCUT2D eigenvalue weighted by molar-refractivity contribution is 5.76. The second-order valence-corrected chi connectivity index (χ2v) is 6.66. The van der Waals surface area contributed by atoms with E-state index in [1.165, 1.54) is 16.8 Å². The summed E-state index contributed by atoms with van der Waals surface area (Å²) in [5.74, 6) is 0.558. The fraction of sp³-hybridized carbons (Fsp3) is 0.611. The number of fused-ring (bicyclic) bond motifs is 1. The van der Waals surface area contributed by atoms with E-state index in [9.17, 15) is 10.1 Å². The molecular formula is C18H25N5O. The van der Waals surface area contributed by atoms with Gasteiger partial charge in [-0.2, -0.15) is 5.26 Å². The zero-order chi connectivity index (χ0) is 17.1. The minimum Gasteiger partial charge on any atom is -0.369 e. The Hall–Kier alpha value is -2.13. The topological polar surface area (TPSA) is 86.2 Å². The predicted octanol–water partition coefficient (Wildman–Crippen LogP) is 1.00. The molecule has 0 spiro atoms. The maximum absolute atomic E-state index is 11.1. The summed E-state index contributed by atoms with van der Waals surface area (Å²) in [6.45, 7) is 5.57. The number of hydrogen-bond acceptors (Lipinski definition) is 5. The van der Waals surface area contributed by atoms with E-state index in [-0.39, 0.29) is 5.91 Å². The number of hydrogen-bond donors (Lipinski definition) is 1. The molecule has 24 heavy (non-hydrogen) atoms. The summed E-state index contributed by atoms with van der Waals surface area (Å²) in [5, 5.41) is 9.72. The van der Waals surface area contributed by atoms with Crippen molar-refractivity contribution in [3.63, 3.8) is 0 Å². The third-order valence-corrected chi connectivity index (χ3v) is 4.98. The number of piperazine rings is 1. The van der Waals surface area contributed by atoms with Crippen LogP contribution in [0.5, 0.6) is 0 Å². The second kappa shape index (κ2) is 7.18. The molecule has 2 aliphatic rings. The van der Waals surface area contributed by atoms with Gasteiger partial charge >= 0.3 is 0 Å². The molecule has 6 nitrogen and oxygen atoms in total. The first kappa shape index (κ1) is 16.7. The molecule has 0 radical (unpaired) electrons. The number of nitriles is 1. The van der Waals surface area contributed by atoms with Crippen molar-refractivity contribution in [3.05, 3.63) is 22.4 Å². The largest absolute Gasteiger partial charge is 0.369 e. The summed E-state index contributed by atoms with van der Waals surface area (Å²) in [5.41, 5.74) is 9.78. The minimum atomic E-state index is -0.290. The van der Waals surface area contributed by atoms with E-state index in [0.29, 0.717) is 6.54 Å². The highest BCUT2D eigenvalue weighted by atomic mass is 16.1. The van der Waals surface area contributed by atoms with Gasteiger partial charge in [-0.05, 0) is 36.8 Å². The van der Waals surface area contributed by atoms with Crippen molar-refractivity contribution in [1.82, 2.24) is 9.88 Å². The number of nitrogens with zero attached hydrogens (tertiary/aromatic N) is 4. The zero-order valence-electron chi connectivity index (χ0n) is 14.3. The predicted molar refractivity (Wildman–Crippen MR) is 92.8 cm³/mol. The van der Waals surface area contributed by atoms with Crippen molar-refractivity contribution >= 4 is 11.7 Å². The van der Waals surface area contributed by atoms with E-state index in [1.807, 2.05) is 0 Å². The van der Waals surface area contributed by atoms with Crippen LogP contribution < -0.4 is 10.6 Å². The highest BCUT2D eigenvalue weighted by Gasteiger charge is 2.27. The van der Waals surface area contributed by atoms with Crippen LogP contribution in [0.15, 0.2) is 0 Å². The lowest BCUT2D eigenvalue weighted by Crippen LogP contribution is -2.49. The summed E-state index contributed by atoms with van der Waals surface area (Å²) in [7, 11) is 0. The molecule has 1 saturated heterocycles. The van der Waals surface area contributed by atoms with Crippen molar-refractivity contribution in [2.75, 3.05) is 37.6 Å². The molecule has 0 unspecified atom stereocenters. The normalized spacial score (nSPS) is 17.6. The average Bonchev–Trinajstić information content (AvgIpc) is 3.05. The van der Waals surface area contributed by atoms with Crippen LogP contribution in [0.1, 0.15) is 42.1 Å². The molecule has 1 amide bonds. The van der Waals surface area contributed by atoms with Crippen molar-refractivity contribution in [3.8, 4) is 6.07 Å². The number of nitrogens with two attached hydrogens (primary N) is 1. The highest BCUT2D eigenvalue weighted by Crippen LogP contribution is 2.33. The maximum Gasteiger partial charge on any atom is 0.231 e. The third-order valence-electron chi connectivity index (χ3n) is 4.98. The Labute approximate surface area is 143 Å². The lowest BCUT2D eigenvalue weighted by Gasteiger charge is -2.35. The third kappa shape index (κ3) is 3.22. The molecular weight excluding hydrogens is 302 g/mol. The SMILES string of the molecule is CCCc1nc(N2CCN(CC(N)=O)CC2)c(C#N)c2c1CCC2. The molecule has 1 fully saturated rings. The van der Waals surface area contributed by atoms with Gasteiger partial charge in [0.25, 0.3) is 0 Å². The van der Waals surface area contributed by atoms with Crippen LogP contribution in [0, 0.1) is 11.3 Å². The van der Waals surface area contributed by atoms with Crippen LogP contribution in [-0.2, 0) is 24.1 Å². The van der Waals surface area contributed by atoms with Gasteiger partial charge in [0.2, 0.25) is 5.91 Å². The van der Waals surface area contributed by atoms with Gasteiger partial charge in [0.05, 0.1) is 12.1 Å². The molecule has 0 saturated carbocycles. The number of amides is 1. The molecule has 128 valence electrons. The molecule has 0 aromatic carbocycles. The molecule has 1 aromatic heterocycles. The van der Waals surface area contributed by atoms with Crippen molar-refractivity contribution < 1.29 is 4.79 Å². The number of primary amides is 1. The first-order chi connectivity index (χ1) is 11.6. The Morgan fingerprint density at radius 1 is 1.25 bits per heavy atom. The molecule has 0 atom stereocenters. The molecule has 6 heteroatoms. The quantitative estimate of drug-likeness (QED) is 0.872. The molecule has 3 rings (SSSR count). The van der Waals surface area contributed by atoms with E-state index >= 15 is 0 Å². The monoisotopic (exact) mass is 327 g/mol. The van der Waals surface area contributed by atoms with Crippen LogP contribution in [0.2, 0.25) is 0 Å². The zero-order valence-corrected chi connectivity index (χ0v) is 14.3. The van der Waals surface area contributed by atoms with E-state index in [2.05, 4.69) is 22.8 Å². The number of anilines is 1. The van der Waals surface area contributed by atoms with Gasteiger partial charge < -0.3 is 10.6 Å². The van der Waals surface area contributed by atoms with Gasteiger partial charge in [0.15, 0.2) is 0 Å². The van der Waals surface area contributed by atoms with Crippen molar-refractivity contribution in [1.29, 1.82) is 5.26 Å². The lowest BCUT2D eigenvalue weighted by atomic mass is 10.0. The fourth-order valence-electron chi connectivity index (χ4n) is 3.85. The van der Waals surface area contributed by atoms with Crippen LogP contribution in [-0.4, -0.2) is 48.5 Å². The molecule has 2 heterocycles. The van der Waals surface area contributed by atoms with E-state index in [0.717, 1.165) is 69.7 Å². The number of carbonyl (C=O) groups excluding carboxylic acids is 1. The van der Waals surface area contributed by atoms with E-state index < -0.39 is 0 Å². The second-order valence-electron chi connectivity index (χ2n) is 6.66. The van der Waals surface area contributed by atoms with Crippen LogP contribution >= 0.6 is 0 Å². The molecule has 1 aliphatic carbocycles. The molecule has 0 bridgehead atoms. The van der Waals surface area contributed by atoms with Gasteiger partial charge in [-0.1, -0.05) is 13.3 Å². The van der Waals surface area contributed by atoms with Gasteiger partial charge in [0.1, 0.15) is 11.9 Å². The Morgan fingerprint density at radius 3 is 2.58 bits per heavy atom. The van der Waals surface area contributed by atoms with Crippen molar-refractivity contribution in [2.24, 2.45) is 5.73 Å². The van der Waals surface area contributed by atoms with E-state index in [4.69, 9.17) is 10.7 Å².